The Balaban J connectivity index is 1.38. The highest BCUT2D eigenvalue weighted by Crippen LogP contribution is 2.37. The van der Waals surface area contributed by atoms with Crippen LogP contribution < -0.4 is 0 Å². The molecular weight excluding hydrogens is 442 g/mol. The summed E-state index contributed by atoms with van der Waals surface area (Å²) in [6, 6.07) is 29.0. The molecule has 1 aliphatic rings. The molecular formula is C33H37NO2. The normalized spacial score (nSPS) is 15.2. The standard InChI is InChI=1S/C33H37NO2/c1-27-11-10-17-29(25-27)14-8-9-18-31(35)33(26-30-15-6-3-7-16-30)21-23-34(24-22-33)32(36)20-19-28-12-4-2-5-13-28/h2-7,9-13,15-18,25H,8,14,19-24,26H2,1H3/b18-9+. The van der Waals surface area contributed by atoms with Crippen molar-refractivity contribution in [1.82, 2.24) is 4.90 Å². The van der Waals surface area contributed by atoms with E-state index in [9.17, 15) is 9.59 Å². The van der Waals surface area contributed by atoms with Crippen LogP contribution in [-0.2, 0) is 28.9 Å². The highest BCUT2D eigenvalue weighted by molar-refractivity contribution is 5.95. The van der Waals surface area contributed by atoms with Crippen molar-refractivity contribution in [3.05, 3.63) is 119 Å². The number of carbonyl (C=O) groups excluding carboxylic acids is 2. The minimum absolute atomic E-state index is 0.188. The number of rotatable bonds is 10. The summed E-state index contributed by atoms with van der Waals surface area (Å²) in [6.45, 7) is 3.39. The Hall–Kier alpha value is -3.46. The number of aryl methyl sites for hydroxylation is 3. The number of piperidine rings is 1. The smallest absolute Gasteiger partial charge is 0.222 e. The van der Waals surface area contributed by atoms with Crippen LogP contribution >= 0.6 is 0 Å². The van der Waals surface area contributed by atoms with Crippen molar-refractivity contribution in [2.24, 2.45) is 5.41 Å². The van der Waals surface area contributed by atoms with Crippen LogP contribution in [0.2, 0.25) is 0 Å². The van der Waals surface area contributed by atoms with Gasteiger partial charge in [0.25, 0.3) is 0 Å². The molecule has 3 heteroatoms. The van der Waals surface area contributed by atoms with Crippen molar-refractivity contribution in [3.8, 4) is 0 Å². The largest absolute Gasteiger partial charge is 0.343 e. The molecule has 0 spiro atoms. The molecule has 3 nitrogen and oxygen atoms in total. The van der Waals surface area contributed by atoms with Crippen LogP contribution in [0.1, 0.15) is 47.9 Å². The Labute approximate surface area is 215 Å². The third kappa shape index (κ3) is 7.04. The lowest BCUT2D eigenvalue weighted by molar-refractivity contribution is -0.137. The van der Waals surface area contributed by atoms with Gasteiger partial charge in [-0.1, -0.05) is 96.6 Å². The van der Waals surface area contributed by atoms with Gasteiger partial charge in [-0.2, -0.15) is 0 Å². The van der Waals surface area contributed by atoms with E-state index in [1.54, 1.807) is 0 Å². The molecule has 186 valence electrons. The quantitative estimate of drug-likeness (QED) is 0.310. The molecule has 0 unspecified atom stereocenters. The summed E-state index contributed by atoms with van der Waals surface area (Å²) >= 11 is 0. The molecule has 1 aliphatic heterocycles. The molecule has 0 aromatic heterocycles. The van der Waals surface area contributed by atoms with Crippen molar-refractivity contribution in [1.29, 1.82) is 0 Å². The van der Waals surface area contributed by atoms with Gasteiger partial charge in [0, 0.05) is 24.9 Å². The average molecular weight is 480 g/mol. The van der Waals surface area contributed by atoms with Crippen molar-refractivity contribution in [3.63, 3.8) is 0 Å². The van der Waals surface area contributed by atoms with E-state index in [-0.39, 0.29) is 11.7 Å². The van der Waals surface area contributed by atoms with Gasteiger partial charge in [0.1, 0.15) is 0 Å². The van der Waals surface area contributed by atoms with Gasteiger partial charge in [-0.15, -0.1) is 0 Å². The van der Waals surface area contributed by atoms with Crippen LogP contribution in [0.3, 0.4) is 0 Å². The lowest BCUT2D eigenvalue weighted by Gasteiger charge is -2.40. The summed E-state index contributed by atoms with van der Waals surface area (Å²) in [5, 5.41) is 0. The molecule has 1 heterocycles. The molecule has 0 bridgehead atoms. The van der Waals surface area contributed by atoms with Gasteiger partial charge in [0.2, 0.25) is 5.91 Å². The number of carbonyl (C=O) groups is 2. The number of hydrogen-bond donors (Lipinski definition) is 0. The summed E-state index contributed by atoms with van der Waals surface area (Å²) < 4.78 is 0. The number of ketones is 1. The maximum Gasteiger partial charge on any atom is 0.222 e. The van der Waals surface area contributed by atoms with E-state index in [0.29, 0.717) is 32.4 Å². The van der Waals surface area contributed by atoms with E-state index < -0.39 is 5.41 Å². The Morgan fingerprint density at radius 2 is 1.44 bits per heavy atom. The van der Waals surface area contributed by atoms with Gasteiger partial charge in [0.15, 0.2) is 5.78 Å². The summed E-state index contributed by atoms with van der Waals surface area (Å²) in [6.07, 6.45) is 9.04. The lowest BCUT2D eigenvalue weighted by atomic mass is 9.70. The highest BCUT2D eigenvalue weighted by Gasteiger charge is 2.40. The maximum atomic E-state index is 13.6. The molecule has 1 saturated heterocycles. The topological polar surface area (TPSA) is 37.4 Å². The molecule has 36 heavy (non-hydrogen) atoms. The van der Waals surface area contributed by atoms with Crippen LogP contribution in [0.25, 0.3) is 0 Å². The fourth-order valence-corrected chi connectivity index (χ4v) is 5.22. The van der Waals surface area contributed by atoms with E-state index in [4.69, 9.17) is 0 Å². The van der Waals surface area contributed by atoms with E-state index in [1.165, 1.54) is 22.3 Å². The predicted octanol–water partition coefficient (Wildman–Crippen LogP) is 6.54. The Bertz CT molecular complexity index is 1160. The second-order valence-electron chi connectivity index (χ2n) is 10.1. The molecule has 0 saturated carbocycles. The van der Waals surface area contributed by atoms with Gasteiger partial charge in [0.05, 0.1) is 0 Å². The number of hydrogen-bond acceptors (Lipinski definition) is 2. The summed E-state index contributed by atoms with van der Waals surface area (Å²) in [5.41, 5.74) is 4.49. The summed E-state index contributed by atoms with van der Waals surface area (Å²) in [7, 11) is 0. The first-order valence-corrected chi connectivity index (χ1v) is 13.2. The number of nitrogens with zero attached hydrogens (tertiary/aromatic N) is 1. The second kappa shape index (κ2) is 12.5. The number of likely N-dealkylation sites (tertiary alicyclic amines) is 1. The van der Waals surface area contributed by atoms with Crippen LogP contribution in [0.15, 0.2) is 97.1 Å². The van der Waals surface area contributed by atoms with Crippen LogP contribution in [-0.4, -0.2) is 29.7 Å². The number of amides is 1. The van der Waals surface area contributed by atoms with E-state index in [2.05, 4.69) is 55.5 Å². The fourth-order valence-electron chi connectivity index (χ4n) is 5.22. The molecule has 1 fully saturated rings. The molecule has 1 amide bonds. The Morgan fingerprint density at radius 1 is 0.806 bits per heavy atom. The minimum Gasteiger partial charge on any atom is -0.343 e. The lowest BCUT2D eigenvalue weighted by Crippen LogP contribution is -2.47. The van der Waals surface area contributed by atoms with Crippen LogP contribution in [0.5, 0.6) is 0 Å². The molecule has 4 rings (SSSR count). The molecule has 0 radical (unpaired) electrons. The van der Waals surface area contributed by atoms with E-state index >= 15 is 0 Å². The Kier molecular flexibility index (Phi) is 8.89. The highest BCUT2D eigenvalue weighted by atomic mass is 16.2. The number of allylic oxidation sites excluding steroid dienone is 2. The average Bonchev–Trinajstić information content (AvgIpc) is 2.91. The van der Waals surface area contributed by atoms with Gasteiger partial charge in [-0.05, 0) is 68.2 Å². The Morgan fingerprint density at radius 3 is 2.11 bits per heavy atom. The SMILES string of the molecule is Cc1cccc(CC/C=C/C(=O)C2(Cc3ccccc3)CCN(C(=O)CCc3ccccc3)CC2)c1. The summed E-state index contributed by atoms with van der Waals surface area (Å²) in [4.78, 5) is 28.5. The molecule has 0 N–H and O–H groups in total. The van der Waals surface area contributed by atoms with Crippen molar-refractivity contribution < 1.29 is 9.59 Å². The van der Waals surface area contributed by atoms with Crippen molar-refractivity contribution >= 4 is 11.7 Å². The zero-order valence-electron chi connectivity index (χ0n) is 21.4. The zero-order chi connectivity index (χ0) is 25.2. The van der Waals surface area contributed by atoms with Crippen LogP contribution in [0.4, 0.5) is 0 Å². The first kappa shape index (κ1) is 25.6. The van der Waals surface area contributed by atoms with Crippen LogP contribution in [0, 0.1) is 12.3 Å². The first-order chi connectivity index (χ1) is 17.5. The second-order valence-corrected chi connectivity index (χ2v) is 10.1. The molecule has 0 aliphatic carbocycles. The first-order valence-electron chi connectivity index (χ1n) is 13.2. The van der Waals surface area contributed by atoms with Gasteiger partial charge in [-0.25, -0.2) is 0 Å². The number of benzene rings is 3. The van der Waals surface area contributed by atoms with Gasteiger partial charge in [-0.3, -0.25) is 9.59 Å². The molecule has 3 aromatic rings. The molecule has 0 atom stereocenters. The van der Waals surface area contributed by atoms with Gasteiger partial charge < -0.3 is 4.90 Å². The molecule has 3 aromatic carbocycles. The third-order valence-electron chi connectivity index (χ3n) is 7.40. The minimum atomic E-state index is -0.447. The predicted molar refractivity (Wildman–Crippen MR) is 147 cm³/mol. The fraction of sp³-hybridized carbons (Fsp3) is 0.333. The monoisotopic (exact) mass is 479 g/mol. The van der Waals surface area contributed by atoms with Crippen molar-refractivity contribution in [2.75, 3.05) is 13.1 Å². The third-order valence-corrected chi connectivity index (χ3v) is 7.40. The zero-order valence-corrected chi connectivity index (χ0v) is 21.4. The van der Waals surface area contributed by atoms with Gasteiger partial charge >= 0.3 is 0 Å². The summed E-state index contributed by atoms with van der Waals surface area (Å²) in [5.74, 6) is 0.389. The maximum absolute atomic E-state index is 13.6. The van der Waals surface area contributed by atoms with E-state index in [0.717, 1.165) is 25.7 Å². The van der Waals surface area contributed by atoms with Crippen molar-refractivity contribution in [2.45, 2.75) is 51.9 Å². The van der Waals surface area contributed by atoms with E-state index in [1.807, 2.05) is 53.5 Å².